The number of hydrogen-bond donors (Lipinski definition) is 2. The van der Waals surface area contributed by atoms with Crippen molar-refractivity contribution < 1.29 is 23.1 Å². The van der Waals surface area contributed by atoms with E-state index in [2.05, 4.69) is 5.32 Å². The quantitative estimate of drug-likeness (QED) is 0.619. The predicted octanol–water partition coefficient (Wildman–Crippen LogP) is 0.840. The van der Waals surface area contributed by atoms with Crippen molar-refractivity contribution in [3.63, 3.8) is 0 Å². The second-order valence-electron chi connectivity index (χ2n) is 3.41. The average molecular weight is 258 g/mol. The van der Waals surface area contributed by atoms with E-state index < -0.39 is 17.6 Å². The first-order valence-electron chi connectivity index (χ1n) is 5.08. The highest BCUT2D eigenvalue weighted by Crippen LogP contribution is 2.17. The molecule has 0 atom stereocenters. The number of nitrogens with two attached hydrogens (primary N) is 1. The van der Waals surface area contributed by atoms with Crippen molar-refractivity contribution in [1.29, 1.82) is 0 Å². The topological polar surface area (TPSA) is 81.4 Å². The molecule has 0 aromatic heterocycles. The summed E-state index contributed by atoms with van der Waals surface area (Å²) in [6, 6.07) is 1.36. The van der Waals surface area contributed by atoms with Gasteiger partial charge >= 0.3 is 5.97 Å². The molecule has 5 nitrogen and oxygen atoms in total. The zero-order chi connectivity index (χ0) is 13.7. The second-order valence-corrected chi connectivity index (χ2v) is 3.41. The Hall–Kier alpha value is -2.18. The van der Waals surface area contributed by atoms with Gasteiger partial charge in [-0.05, 0) is 6.07 Å². The molecule has 18 heavy (non-hydrogen) atoms. The fourth-order valence-electron chi connectivity index (χ4n) is 1.18. The van der Waals surface area contributed by atoms with Gasteiger partial charge in [0.1, 0.15) is 6.61 Å². The van der Waals surface area contributed by atoms with Crippen molar-refractivity contribution in [2.45, 2.75) is 6.42 Å². The van der Waals surface area contributed by atoms with Crippen molar-refractivity contribution in [3.05, 3.63) is 29.3 Å². The summed E-state index contributed by atoms with van der Waals surface area (Å²) < 4.78 is 30.4. The van der Waals surface area contributed by atoms with E-state index in [4.69, 9.17) is 10.5 Å². The van der Waals surface area contributed by atoms with Crippen LogP contribution in [0.25, 0.3) is 0 Å². The normalized spacial score (nSPS) is 9.94. The number of anilines is 1. The van der Waals surface area contributed by atoms with Gasteiger partial charge in [0, 0.05) is 18.8 Å². The number of carbonyl (C=O) groups is 2. The minimum Gasteiger partial charge on any atom is -0.461 e. The van der Waals surface area contributed by atoms with E-state index in [9.17, 15) is 18.4 Å². The molecule has 3 N–H and O–H groups in total. The highest BCUT2D eigenvalue weighted by atomic mass is 19.2. The van der Waals surface area contributed by atoms with Crippen LogP contribution in [-0.2, 0) is 9.53 Å². The van der Waals surface area contributed by atoms with Crippen LogP contribution in [0.15, 0.2) is 12.1 Å². The van der Waals surface area contributed by atoms with E-state index >= 15 is 0 Å². The molecule has 0 aliphatic rings. The van der Waals surface area contributed by atoms with Gasteiger partial charge < -0.3 is 15.8 Å². The van der Waals surface area contributed by atoms with Crippen LogP contribution < -0.4 is 11.1 Å². The number of amides is 1. The van der Waals surface area contributed by atoms with E-state index in [1.165, 1.54) is 7.05 Å². The Morgan fingerprint density at radius 3 is 2.56 bits per heavy atom. The van der Waals surface area contributed by atoms with Gasteiger partial charge in [0.05, 0.1) is 12.0 Å². The Bertz CT molecular complexity index is 478. The Kier molecular flexibility index (Phi) is 4.59. The summed E-state index contributed by atoms with van der Waals surface area (Å²) >= 11 is 0. The van der Waals surface area contributed by atoms with Gasteiger partial charge in [0.15, 0.2) is 11.6 Å². The molecule has 0 heterocycles. The number of rotatable bonds is 4. The van der Waals surface area contributed by atoms with Crippen molar-refractivity contribution in [2.24, 2.45) is 0 Å². The number of halogens is 2. The minimum atomic E-state index is -1.19. The van der Waals surface area contributed by atoms with Gasteiger partial charge in [-0.25, -0.2) is 13.6 Å². The highest BCUT2D eigenvalue weighted by molar-refractivity contribution is 5.95. The third-order valence-electron chi connectivity index (χ3n) is 2.15. The minimum absolute atomic E-state index is 0.0220. The van der Waals surface area contributed by atoms with Crippen LogP contribution in [0, 0.1) is 11.6 Å². The molecule has 1 amide bonds. The van der Waals surface area contributed by atoms with E-state index in [0.717, 1.165) is 0 Å². The lowest BCUT2D eigenvalue weighted by Gasteiger charge is -2.07. The number of hydrogen-bond acceptors (Lipinski definition) is 4. The number of esters is 1. The number of nitrogen functional groups attached to an aromatic ring is 1. The lowest BCUT2D eigenvalue weighted by molar-refractivity contribution is -0.121. The van der Waals surface area contributed by atoms with Gasteiger partial charge in [0.25, 0.3) is 0 Å². The molecule has 0 fully saturated rings. The van der Waals surface area contributed by atoms with E-state index in [1.807, 2.05) is 0 Å². The summed E-state index contributed by atoms with van der Waals surface area (Å²) in [5, 5.41) is 2.34. The van der Waals surface area contributed by atoms with Crippen molar-refractivity contribution in [3.8, 4) is 0 Å². The Morgan fingerprint density at radius 2 is 1.94 bits per heavy atom. The molecule has 0 aliphatic heterocycles. The number of ether oxygens (including phenoxy) is 1. The van der Waals surface area contributed by atoms with Crippen molar-refractivity contribution in [2.75, 3.05) is 19.4 Å². The fourth-order valence-corrected chi connectivity index (χ4v) is 1.18. The molecule has 7 heteroatoms. The Balaban J connectivity index is 2.67. The zero-order valence-electron chi connectivity index (χ0n) is 9.63. The summed E-state index contributed by atoms with van der Waals surface area (Å²) in [6.45, 7) is -0.170. The summed E-state index contributed by atoms with van der Waals surface area (Å²) in [5.41, 5.74) is 4.87. The highest BCUT2D eigenvalue weighted by Gasteiger charge is 2.15. The molecule has 0 saturated heterocycles. The summed E-state index contributed by atoms with van der Waals surface area (Å²) in [4.78, 5) is 22.3. The van der Waals surface area contributed by atoms with E-state index in [-0.39, 0.29) is 30.2 Å². The molecule has 0 unspecified atom stereocenters. The van der Waals surface area contributed by atoms with Gasteiger partial charge in [-0.3, -0.25) is 4.79 Å². The van der Waals surface area contributed by atoms with E-state index in [1.54, 1.807) is 0 Å². The molecule has 1 rings (SSSR count). The fraction of sp³-hybridized carbons (Fsp3) is 0.273. The molecule has 0 radical (unpaired) electrons. The predicted molar refractivity (Wildman–Crippen MR) is 59.7 cm³/mol. The summed E-state index contributed by atoms with van der Waals surface area (Å²) in [5.74, 6) is -3.55. The first kappa shape index (κ1) is 13.9. The third-order valence-corrected chi connectivity index (χ3v) is 2.15. The van der Waals surface area contributed by atoms with Gasteiger partial charge in [0.2, 0.25) is 5.91 Å². The third kappa shape index (κ3) is 3.41. The number of carbonyl (C=O) groups excluding carboxylic acids is 2. The average Bonchev–Trinajstić information content (AvgIpc) is 2.33. The summed E-state index contributed by atoms with van der Waals surface area (Å²) in [7, 11) is 1.44. The molecule has 0 spiro atoms. The van der Waals surface area contributed by atoms with Crippen LogP contribution >= 0.6 is 0 Å². The molecular weight excluding hydrogens is 246 g/mol. The lowest BCUT2D eigenvalue weighted by atomic mass is 10.1. The lowest BCUT2D eigenvalue weighted by Crippen LogP contribution is -2.20. The zero-order valence-corrected chi connectivity index (χ0v) is 9.63. The van der Waals surface area contributed by atoms with E-state index in [0.29, 0.717) is 12.1 Å². The first-order chi connectivity index (χ1) is 8.45. The molecule has 1 aromatic carbocycles. The van der Waals surface area contributed by atoms with Crippen LogP contribution in [0.4, 0.5) is 14.5 Å². The first-order valence-corrected chi connectivity index (χ1v) is 5.08. The second kappa shape index (κ2) is 5.95. The SMILES string of the molecule is CNC(=O)CCOC(=O)c1cc(F)c(F)cc1N. The van der Waals surface area contributed by atoms with Crippen molar-refractivity contribution in [1.82, 2.24) is 5.32 Å². The van der Waals surface area contributed by atoms with Crippen LogP contribution in [0.2, 0.25) is 0 Å². The van der Waals surface area contributed by atoms with Crippen LogP contribution in [0.3, 0.4) is 0 Å². The largest absolute Gasteiger partial charge is 0.461 e. The Labute approximate surface area is 102 Å². The van der Waals surface area contributed by atoms with Crippen LogP contribution in [0.5, 0.6) is 0 Å². The number of benzene rings is 1. The maximum absolute atomic E-state index is 12.9. The molecule has 98 valence electrons. The molecule has 1 aromatic rings. The summed E-state index contributed by atoms with van der Waals surface area (Å²) in [6.07, 6.45) is -0.0220. The van der Waals surface area contributed by atoms with Gasteiger partial charge in [-0.2, -0.15) is 0 Å². The smallest absolute Gasteiger partial charge is 0.340 e. The van der Waals surface area contributed by atoms with Gasteiger partial charge in [-0.1, -0.05) is 0 Å². The standard InChI is InChI=1S/C11H12F2N2O3/c1-15-10(16)2-3-18-11(17)6-4-7(12)8(13)5-9(6)14/h4-5H,2-3,14H2,1H3,(H,15,16). The van der Waals surface area contributed by atoms with Gasteiger partial charge in [-0.15, -0.1) is 0 Å². The number of nitrogens with one attached hydrogen (secondary N) is 1. The monoisotopic (exact) mass is 258 g/mol. The maximum atomic E-state index is 12.9. The Morgan fingerprint density at radius 1 is 1.33 bits per heavy atom. The molecule has 0 aliphatic carbocycles. The molecular formula is C11H12F2N2O3. The molecule has 0 saturated carbocycles. The van der Waals surface area contributed by atoms with Crippen LogP contribution in [-0.4, -0.2) is 25.5 Å². The molecule has 0 bridgehead atoms. The van der Waals surface area contributed by atoms with Crippen LogP contribution in [0.1, 0.15) is 16.8 Å². The van der Waals surface area contributed by atoms with Crippen molar-refractivity contribution >= 4 is 17.6 Å². The maximum Gasteiger partial charge on any atom is 0.340 e.